The maximum atomic E-state index is 13.3. The number of likely N-dealkylation sites (N-methyl/N-ethyl adjacent to an activating group) is 1. The zero-order valence-corrected chi connectivity index (χ0v) is 13.7. The third-order valence-electron chi connectivity index (χ3n) is 3.81. The number of hydrogen-bond acceptors (Lipinski definition) is 3. The van der Waals surface area contributed by atoms with Gasteiger partial charge in [-0.05, 0) is 12.1 Å². The van der Waals surface area contributed by atoms with Crippen LogP contribution in [-0.4, -0.2) is 37.2 Å². The van der Waals surface area contributed by atoms with Crippen LogP contribution in [0.5, 0.6) is 0 Å². The molecule has 0 fully saturated rings. The normalized spacial score (nSPS) is 11.9. The van der Waals surface area contributed by atoms with Crippen LogP contribution in [0.15, 0.2) is 36.7 Å². The van der Waals surface area contributed by atoms with Crippen LogP contribution in [0.25, 0.3) is 11.0 Å². The number of fused-ring (bicyclic) bond motifs is 1. The van der Waals surface area contributed by atoms with E-state index >= 15 is 0 Å². The van der Waals surface area contributed by atoms with E-state index in [1.807, 2.05) is 0 Å². The Morgan fingerprint density at radius 1 is 1.28 bits per heavy atom. The van der Waals surface area contributed by atoms with Gasteiger partial charge in [0.05, 0.1) is 17.2 Å². The van der Waals surface area contributed by atoms with Crippen LogP contribution in [0.2, 0.25) is 0 Å². The van der Waals surface area contributed by atoms with Crippen LogP contribution >= 0.6 is 0 Å². The van der Waals surface area contributed by atoms with E-state index in [4.69, 9.17) is 0 Å². The predicted molar refractivity (Wildman–Crippen MR) is 84.4 cm³/mol. The average molecular weight is 351 g/mol. The molecule has 0 N–H and O–H groups in total. The minimum absolute atomic E-state index is 0.206. The van der Waals surface area contributed by atoms with Gasteiger partial charge in [-0.2, -0.15) is 18.3 Å². The van der Waals surface area contributed by atoms with Gasteiger partial charge in [0.1, 0.15) is 6.54 Å². The lowest BCUT2D eigenvalue weighted by Crippen LogP contribution is -2.31. The summed E-state index contributed by atoms with van der Waals surface area (Å²) < 4.78 is 42.3. The summed E-state index contributed by atoms with van der Waals surface area (Å²) in [6.07, 6.45) is -1.28. The molecule has 0 spiro atoms. The van der Waals surface area contributed by atoms with Crippen molar-refractivity contribution < 1.29 is 18.0 Å². The Labute approximate surface area is 141 Å². The van der Waals surface area contributed by atoms with Crippen molar-refractivity contribution in [2.75, 3.05) is 7.05 Å². The highest BCUT2D eigenvalue weighted by molar-refractivity contribution is 5.81. The summed E-state index contributed by atoms with van der Waals surface area (Å²) in [7, 11) is 3.29. The molecule has 3 aromatic rings. The van der Waals surface area contributed by atoms with Crippen molar-refractivity contribution in [2.24, 2.45) is 7.05 Å². The fraction of sp³-hybridized carbons (Fsp3) is 0.312. The Morgan fingerprint density at radius 2 is 2.00 bits per heavy atom. The Balaban J connectivity index is 1.87. The molecule has 0 aliphatic carbocycles. The number of rotatable bonds is 4. The van der Waals surface area contributed by atoms with Gasteiger partial charge in [0.2, 0.25) is 11.7 Å². The molecule has 0 bridgehead atoms. The second kappa shape index (κ2) is 6.23. The van der Waals surface area contributed by atoms with Crippen LogP contribution in [0.3, 0.4) is 0 Å². The van der Waals surface area contributed by atoms with Crippen molar-refractivity contribution in [1.29, 1.82) is 0 Å². The molecular formula is C16H16F3N5O. The van der Waals surface area contributed by atoms with E-state index in [0.29, 0.717) is 0 Å². The van der Waals surface area contributed by atoms with E-state index in [9.17, 15) is 18.0 Å². The van der Waals surface area contributed by atoms with Crippen LogP contribution in [0.1, 0.15) is 11.4 Å². The summed E-state index contributed by atoms with van der Waals surface area (Å²) in [5, 5.41) is 4.01. The van der Waals surface area contributed by atoms with Crippen LogP contribution in [0.4, 0.5) is 13.2 Å². The number of imidazole rings is 1. The molecule has 0 aliphatic heterocycles. The van der Waals surface area contributed by atoms with Gasteiger partial charge in [-0.1, -0.05) is 12.1 Å². The number of carbonyl (C=O) groups excluding carboxylic acids is 1. The van der Waals surface area contributed by atoms with Gasteiger partial charge < -0.3 is 9.47 Å². The van der Waals surface area contributed by atoms with Gasteiger partial charge >= 0.3 is 6.18 Å². The molecule has 9 heteroatoms. The summed E-state index contributed by atoms with van der Waals surface area (Å²) in [6, 6.07) is 6.23. The molecule has 132 valence electrons. The fourth-order valence-electron chi connectivity index (χ4n) is 2.62. The second-order valence-corrected chi connectivity index (χ2v) is 5.78. The lowest BCUT2D eigenvalue weighted by molar-refractivity contribution is -0.148. The first-order valence-corrected chi connectivity index (χ1v) is 7.49. The SMILES string of the molecule is CN(Cc1cnn(C)c1)C(=O)Cn1c(C(F)(F)F)nc2ccccc21. The van der Waals surface area contributed by atoms with Crippen LogP contribution in [-0.2, 0) is 31.1 Å². The van der Waals surface area contributed by atoms with Crippen molar-refractivity contribution in [3.8, 4) is 0 Å². The number of aryl methyl sites for hydroxylation is 1. The summed E-state index contributed by atoms with van der Waals surface area (Å²) in [5.41, 5.74) is 1.28. The van der Waals surface area contributed by atoms with Crippen molar-refractivity contribution in [3.63, 3.8) is 0 Å². The second-order valence-electron chi connectivity index (χ2n) is 5.78. The Kier molecular flexibility index (Phi) is 4.23. The van der Waals surface area contributed by atoms with E-state index in [-0.39, 0.29) is 17.6 Å². The minimum Gasteiger partial charge on any atom is -0.340 e. The number of hydrogen-bond donors (Lipinski definition) is 0. The van der Waals surface area contributed by atoms with E-state index in [2.05, 4.69) is 10.1 Å². The first-order valence-electron chi connectivity index (χ1n) is 7.49. The Bertz CT molecular complexity index is 912. The molecule has 0 atom stereocenters. The van der Waals surface area contributed by atoms with Gasteiger partial charge in [0.15, 0.2) is 0 Å². The number of para-hydroxylation sites is 2. The maximum absolute atomic E-state index is 13.3. The number of nitrogens with zero attached hydrogens (tertiary/aromatic N) is 5. The molecule has 0 aliphatic rings. The molecular weight excluding hydrogens is 335 g/mol. The molecule has 1 amide bonds. The summed E-state index contributed by atoms with van der Waals surface area (Å²) in [6.45, 7) is -0.174. The van der Waals surface area contributed by atoms with Crippen molar-refractivity contribution in [2.45, 2.75) is 19.3 Å². The largest absolute Gasteiger partial charge is 0.449 e. The standard InChI is InChI=1S/C16H16F3N5O/c1-22(8-11-7-20-23(2)9-11)14(25)10-24-13-6-4-3-5-12(13)21-15(24)16(17,18)19/h3-7,9H,8,10H2,1-2H3. The third-order valence-corrected chi connectivity index (χ3v) is 3.81. The average Bonchev–Trinajstić information content (AvgIpc) is 3.11. The smallest absolute Gasteiger partial charge is 0.340 e. The highest BCUT2D eigenvalue weighted by atomic mass is 19.4. The molecule has 1 aromatic carbocycles. The van der Waals surface area contributed by atoms with Crippen molar-refractivity contribution in [1.82, 2.24) is 24.2 Å². The van der Waals surface area contributed by atoms with E-state index < -0.39 is 24.5 Å². The number of alkyl halides is 3. The Hall–Kier alpha value is -2.84. The van der Waals surface area contributed by atoms with Crippen LogP contribution in [0, 0.1) is 0 Å². The topological polar surface area (TPSA) is 56.0 Å². The number of carbonyl (C=O) groups is 1. The summed E-state index contributed by atoms with van der Waals surface area (Å²) >= 11 is 0. The molecule has 2 aromatic heterocycles. The number of aromatic nitrogens is 4. The Morgan fingerprint density at radius 3 is 2.64 bits per heavy atom. The molecule has 0 radical (unpaired) electrons. The highest BCUT2D eigenvalue weighted by Gasteiger charge is 2.38. The van der Waals surface area contributed by atoms with E-state index in [0.717, 1.165) is 10.1 Å². The predicted octanol–water partition coefficient (Wildman–Crippen LogP) is 2.45. The minimum atomic E-state index is -4.64. The number of amides is 1. The molecule has 6 nitrogen and oxygen atoms in total. The number of halogens is 3. The molecule has 0 saturated carbocycles. The fourth-order valence-corrected chi connectivity index (χ4v) is 2.62. The third kappa shape index (κ3) is 3.49. The molecule has 0 unspecified atom stereocenters. The molecule has 3 rings (SSSR count). The zero-order valence-electron chi connectivity index (χ0n) is 13.7. The summed E-state index contributed by atoms with van der Waals surface area (Å²) in [4.78, 5) is 17.4. The first kappa shape index (κ1) is 17.0. The lowest BCUT2D eigenvalue weighted by atomic mass is 10.3. The molecule has 25 heavy (non-hydrogen) atoms. The molecule has 2 heterocycles. The van der Waals surface area contributed by atoms with E-state index in [1.165, 1.54) is 17.0 Å². The number of benzene rings is 1. The first-order chi connectivity index (χ1) is 11.8. The maximum Gasteiger partial charge on any atom is 0.449 e. The van der Waals surface area contributed by atoms with Gasteiger partial charge in [-0.3, -0.25) is 9.48 Å². The zero-order chi connectivity index (χ0) is 18.2. The van der Waals surface area contributed by atoms with E-state index in [1.54, 1.807) is 43.3 Å². The lowest BCUT2D eigenvalue weighted by Gasteiger charge is -2.18. The van der Waals surface area contributed by atoms with Crippen molar-refractivity contribution >= 4 is 16.9 Å². The quantitative estimate of drug-likeness (QED) is 0.726. The van der Waals surface area contributed by atoms with Crippen molar-refractivity contribution in [3.05, 3.63) is 48.0 Å². The van der Waals surface area contributed by atoms with Gasteiger partial charge in [-0.25, -0.2) is 4.98 Å². The summed E-state index contributed by atoms with van der Waals surface area (Å²) in [5.74, 6) is -1.52. The molecule has 0 saturated heterocycles. The van der Waals surface area contributed by atoms with Gasteiger partial charge in [-0.15, -0.1) is 0 Å². The monoisotopic (exact) mass is 351 g/mol. The van der Waals surface area contributed by atoms with Gasteiger partial charge in [0, 0.05) is 32.4 Å². The van der Waals surface area contributed by atoms with Crippen LogP contribution < -0.4 is 0 Å². The highest BCUT2D eigenvalue weighted by Crippen LogP contribution is 2.31. The van der Waals surface area contributed by atoms with Gasteiger partial charge in [0.25, 0.3) is 0 Å².